The molecule has 0 aliphatic carbocycles. The molecule has 2 saturated heterocycles. The second-order valence-corrected chi connectivity index (χ2v) is 8.23. The van der Waals surface area contributed by atoms with E-state index in [0.717, 1.165) is 44.8 Å². The lowest BCUT2D eigenvalue weighted by molar-refractivity contribution is -0.120. The van der Waals surface area contributed by atoms with Gasteiger partial charge in [0.1, 0.15) is 0 Å². The van der Waals surface area contributed by atoms with E-state index < -0.39 is 0 Å². The van der Waals surface area contributed by atoms with Crippen molar-refractivity contribution < 1.29 is 4.79 Å². The summed E-state index contributed by atoms with van der Waals surface area (Å²) in [4.78, 5) is 17.1. The molecule has 27 heavy (non-hydrogen) atoms. The van der Waals surface area contributed by atoms with Crippen molar-refractivity contribution in [3.8, 4) is 0 Å². The Hall–Kier alpha value is -2.17. The van der Waals surface area contributed by atoms with Crippen LogP contribution in [-0.2, 0) is 11.3 Å². The number of rotatable bonds is 6. The summed E-state index contributed by atoms with van der Waals surface area (Å²) in [6.45, 7) is 6.21. The number of primary amides is 1. The molecular weight excluding hydrogens is 334 g/mol. The first-order valence-electron chi connectivity index (χ1n) is 10.0. The normalized spacial score (nSPS) is 24.4. The van der Waals surface area contributed by atoms with Gasteiger partial charge in [-0.25, -0.2) is 0 Å². The number of nitrogens with zero attached hydrogens (tertiary/aromatic N) is 2. The van der Waals surface area contributed by atoms with Gasteiger partial charge in [-0.1, -0.05) is 60.7 Å². The molecule has 142 valence electrons. The van der Waals surface area contributed by atoms with Crippen LogP contribution in [0.15, 0.2) is 60.7 Å². The summed E-state index contributed by atoms with van der Waals surface area (Å²) in [7, 11) is 0. The number of hydrogen-bond acceptors (Lipinski definition) is 3. The summed E-state index contributed by atoms with van der Waals surface area (Å²) in [6.07, 6.45) is 1.31. The van der Waals surface area contributed by atoms with E-state index in [4.69, 9.17) is 5.73 Å². The molecule has 2 aromatic rings. The van der Waals surface area contributed by atoms with Crippen molar-refractivity contribution in [1.29, 1.82) is 0 Å². The van der Waals surface area contributed by atoms with Crippen molar-refractivity contribution >= 4 is 5.91 Å². The quantitative estimate of drug-likeness (QED) is 0.858. The van der Waals surface area contributed by atoms with Crippen molar-refractivity contribution in [3.63, 3.8) is 0 Å². The highest BCUT2D eigenvalue weighted by atomic mass is 16.1. The average molecular weight is 364 g/mol. The predicted octanol–water partition coefficient (Wildman–Crippen LogP) is 2.71. The number of benzene rings is 2. The Labute approximate surface area is 162 Å². The molecule has 3 atom stereocenters. The van der Waals surface area contributed by atoms with Crippen LogP contribution in [0.25, 0.3) is 0 Å². The van der Waals surface area contributed by atoms with Crippen molar-refractivity contribution in [3.05, 3.63) is 71.8 Å². The zero-order valence-electron chi connectivity index (χ0n) is 15.8. The van der Waals surface area contributed by atoms with Gasteiger partial charge < -0.3 is 10.6 Å². The molecule has 0 spiro atoms. The molecule has 2 bridgehead atoms. The average Bonchev–Trinajstić information content (AvgIpc) is 2.67. The maximum Gasteiger partial charge on any atom is 0.226 e. The van der Waals surface area contributed by atoms with Crippen LogP contribution < -0.4 is 5.73 Å². The molecule has 0 aromatic heterocycles. The molecule has 1 amide bonds. The highest BCUT2D eigenvalue weighted by Crippen LogP contribution is 2.31. The topological polar surface area (TPSA) is 49.6 Å². The monoisotopic (exact) mass is 363 g/mol. The Kier molecular flexibility index (Phi) is 5.55. The predicted molar refractivity (Wildman–Crippen MR) is 108 cm³/mol. The standard InChI is InChI=1S/C23H29N3O/c24-23(27)22(21-9-5-2-6-10-21)17-26-15-19-11-20(16-26)14-25(13-19)12-18-7-3-1-4-8-18/h1-10,19-20,22H,11-17H2,(H2,24,27). The van der Waals surface area contributed by atoms with E-state index in [2.05, 4.69) is 40.1 Å². The van der Waals surface area contributed by atoms with Gasteiger partial charge >= 0.3 is 0 Å². The number of fused-ring (bicyclic) bond motifs is 2. The number of piperidine rings is 2. The highest BCUT2D eigenvalue weighted by molar-refractivity contribution is 5.82. The lowest BCUT2D eigenvalue weighted by Gasteiger charge is -2.46. The molecule has 3 unspecified atom stereocenters. The maximum absolute atomic E-state index is 12.1. The van der Waals surface area contributed by atoms with Gasteiger partial charge in [-0.15, -0.1) is 0 Å². The summed E-state index contributed by atoms with van der Waals surface area (Å²) < 4.78 is 0. The van der Waals surface area contributed by atoms with E-state index in [-0.39, 0.29) is 11.8 Å². The van der Waals surface area contributed by atoms with E-state index in [1.807, 2.05) is 30.3 Å². The number of hydrogen-bond donors (Lipinski definition) is 1. The zero-order chi connectivity index (χ0) is 18.6. The minimum absolute atomic E-state index is 0.217. The number of carbonyl (C=O) groups is 1. The first-order chi connectivity index (χ1) is 13.2. The van der Waals surface area contributed by atoms with Gasteiger partial charge in [0.05, 0.1) is 5.92 Å². The summed E-state index contributed by atoms with van der Waals surface area (Å²) in [5.41, 5.74) is 8.17. The lowest BCUT2D eigenvalue weighted by Crippen LogP contribution is -2.53. The van der Waals surface area contributed by atoms with Crippen LogP contribution in [0.5, 0.6) is 0 Å². The van der Waals surface area contributed by atoms with Crippen molar-refractivity contribution in [1.82, 2.24) is 9.80 Å². The van der Waals surface area contributed by atoms with E-state index in [9.17, 15) is 4.79 Å². The number of nitrogens with two attached hydrogens (primary N) is 1. The minimum Gasteiger partial charge on any atom is -0.369 e. The van der Waals surface area contributed by atoms with Gasteiger partial charge in [0.25, 0.3) is 0 Å². The summed E-state index contributed by atoms with van der Waals surface area (Å²) >= 11 is 0. The van der Waals surface area contributed by atoms with Gasteiger partial charge in [-0.3, -0.25) is 9.69 Å². The molecule has 2 fully saturated rings. The Morgan fingerprint density at radius 2 is 1.44 bits per heavy atom. The zero-order valence-corrected chi connectivity index (χ0v) is 15.8. The number of likely N-dealkylation sites (tertiary alicyclic amines) is 2. The molecule has 0 saturated carbocycles. The van der Waals surface area contributed by atoms with E-state index in [0.29, 0.717) is 11.8 Å². The lowest BCUT2D eigenvalue weighted by atomic mass is 9.83. The summed E-state index contributed by atoms with van der Waals surface area (Å²) in [6, 6.07) is 20.7. The number of amides is 1. The molecule has 2 heterocycles. The van der Waals surface area contributed by atoms with Gasteiger partial charge in [0, 0.05) is 39.3 Å². The van der Waals surface area contributed by atoms with Crippen LogP contribution in [0.2, 0.25) is 0 Å². The molecule has 4 heteroatoms. The van der Waals surface area contributed by atoms with E-state index >= 15 is 0 Å². The van der Waals surface area contributed by atoms with Gasteiger partial charge in [0.15, 0.2) is 0 Å². The fourth-order valence-corrected chi connectivity index (χ4v) is 4.92. The molecule has 2 aliphatic rings. The fraction of sp³-hybridized carbons (Fsp3) is 0.435. The van der Waals surface area contributed by atoms with E-state index in [1.54, 1.807) is 0 Å². The fourth-order valence-electron chi connectivity index (χ4n) is 4.92. The van der Waals surface area contributed by atoms with Crippen LogP contribution in [0.4, 0.5) is 0 Å². The molecule has 2 aliphatic heterocycles. The summed E-state index contributed by atoms with van der Waals surface area (Å²) in [5, 5.41) is 0. The minimum atomic E-state index is -0.220. The molecule has 4 rings (SSSR count). The third-order valence-electron chi connectivity index (χ3n) is 5.97. The van der Waals surface area contributed by atoms with Crippen molar-refractivity contribution in [2.75, 3.05) is 32.7 Å². The Balaban J connectivity index is 1.37. The Morgan fingerprint density at radius 1 is 0.889 bits per heavy atom. The first kappa shape index (κ1) is 18.2. The Morgan fingerprint density at radius 3 is 2.04 bits per heavy atom. The molecule has 2 aromatic carbocycles. The van der Waals surface area contributed by atoms with Crippen LogP contribution in [0.3, 0.4) is 0 Å². The van der Waals surface area contributed by atoms with Crippen LogP contribution in [0, 0.1) is 11.8 Å². The molecule has 4 nitrogen and oxygen atoms in total. The third kappa shape index (κ3) is 4.57. The van der Waals surface area contributed by atoms with Gasteiger partial charge in [0.2, 0.25) is 5.91 Å². The SMILES string of the molecule is NC(=O)C(CN1CC2CC(CN(Cc3ccccc3)C2)C1)c1ccccc1. The number of carbonyl (C=O) groups excluding carboxylic acids is 1. The van der Waals surface area contributed by atoms with Crippen molar-refractivity contribution in [2.24, 2.45) is 17.6 Å². The summed E-state index contributed by atoms with van der Waals surface area (Å²) in [5.74, 6) is 0.934. The molecule has 0 radical (unpaired) electrons. The first-order valence-corrected chi connectivity index (χ1v) is 10.0. The van der Waals surface area contributed by atoms with E-state index in [1.165, 1.54) is 12.0 Å². The highest BCUT2D eigenvalue weighted by Gasteiger charge is 2.35. The van der Waals surface area contributed by atoms with Crippen LogP contribution in [-0.4, -0.2) is 48.4 Å². The van der Waals surface area contributed by atoms with Gasteiger partial charge in [-0.2, -0.15) is 0 Å². The largest absolute Gasteiger partial charge is 0.369 e. The maximum atomic E-state index is 12.1. The van der Waals surface area contributed by atoms with Crippen molar-refractivity contribution in [2.45, 2.75) is 18.9 Å². The Bertz CT molecular complexity index is 735. The molecule has 2 N–H and O–H groups in total. The smallest absolute Gasteiger partial charge is 0.226 e. The second-order valence-electron chi connectivity index (χ2n) is 8.23. The van der Waals surface area contributed by atoms with Gasteiger partial charge in [-0.05, 0) is 29.4 Å². The van der Waals surface area contributed by atoms with Crippen LogP contribution >= 0.6 is 0 Å². The molecular formula is C23H29N3O. The van der Waals surface area contributed by atoms with Crippen LogP contribution in [0.1, 0.15) is 23.5 Å². The second kappa shape index (κ2) is 8.24. The third-order valence-corrected chi connectivity index (χ3v) is 5.97.